The van der Waals surface area contributed by atoms with E-state index in [4.69, 9.17) is 5.11 Å². The molecule has 0 spiro atoms. The van der Waals surface area contributed by atoms with Crippen LogP contribution in [0, 0.1) is 5.92 Å². The summed E-state index contributed by atoms with van der Waals surface area (Å²) in [6.45, 7) is 4.82. The van der Waals surface area contributed by atoms with E-state index in [1.54, 1.807) is 19.1 Å². The molecule has 2 amide bonds. The number of anilines is 1. The highest BCUT2D eigenvalue weighted by atomic mass is 16.4. The second-order valence-corrected chi connectivity index (χ2v) is 7.69. The maximum atomic E-state index is 12.3. The van der Waals surface area contributed by atoms with E-state index in [0.29, 0.717) is 17.8 Å². The molecule has 0 bridgehead atoms. The van der Waals surface area contributed by atoms with Crippen molar-refractivity contribution in [3.63, 3.8) is 0 Å². The molecule has 29 heavy (non-hydrogen) atoms. The smallest absolute Gasteiger partial charge is 0.308 e. The van der Waals surface area contributed by atoms with Crippen molar-refractivity contribution in [1.29, 1.82) is 0 Å². The van der Waals surface area contributed by atoms with Gasteiger partial charge in [-0.05, 0) is 37.1 Å². The van der Waals surface area contributed by atoms with Crippen molar-refractivity contribution >= 4 is 29.5 Å². The quantitative estimate of drug-likeness (QED) is 0.434. The Morgan fingerprint density at radius 2 is 1.93 bits per heavy atom. The van der Waals surface area contributed by atoms with E-state index in [2.05, 4.69) is 12.2 Å². The summed E-state index contributed by atoms with van der Waals surface area (Å²) >= 11 is 0. The van der Waals surface area contributed by atoms with E-state index >= 15 is 0 Å². The maximum absolute atomic E-state index is 12.3. The molecule has 0 aromatic heterocycles. The molecular weight excluding hydrogens is 368 g/mol. The molecule has 1 atom stereocenters. The lowest BCUT2D eigenvalue weighted by Crippen LogP contribution is -2.26. The number of carboxylic acids is 1. The second kappa shape index (κ2) is 11.4. The third-order valence-electron chi connectivity index (χ3n) is 5.21. The summed E-state index contributed by atoms with van der Waals surface area (Å²) in [5.41, 5.74) is 2.07. The Morgan fingerprint density at radius 1 is 1.21 bits per heavy atom. The number of rotatable bonds is 11. The molecule has 1 aliphatic heterocycles. The van der Waals surface area contributed by atoms with Crippen molar-refractivity contribution in [3.8, 4) is 0 Å². The first-order valence-corrected chi connectivity index (χ1v) is 10.5. The van der Waals surface area contributed by atoms with Crippen molar-refractivity contribution in [1.82, 2.24) is 5.32 Å². The Labute approximate surface area is 173 Å². The van der Waals surface area contributed by atoms with Gasteiger partial charge in [-0.15, -0.1) is 0 Å². The van der Waals surface area contributed by atoms with Gasteiger partial charge in [-0.1, -0.05) is 51.2 Å². The highest BCUT2D eigenvalue weighted by molar-refractivity contribution is 6.00. The van der Waals surface area contributed by atoms with Crippen LogP contribution in [0.5, 0.6) is 0 Å². The van der Waals surface area contributed by atoms with Gasteiger partial charge in [0.15, 0.2) is 0 Å². The van der Waals surface area contributed by atoms with Gasteiger partial charge < -0.3 is 15.3 Å². The number of carboxylic acid groups (broad SMARTS) is 1. The minimum absolute atomic E-state index is 0.0231. The fraction of sp³-hybridized carbons (Fsp3) is 0.522. The van der Waals surface area contributed by atoms with E-state index in [1.807, 2.05) is 18.2 Å². The van der Waals surface area contributed by atoms with Crippen LogP contribution in [0.15, 0.2) is 29.8 Å². The molecule has 1 aromatic carbocycles. The highest BCUT2D eigenvalue weighted by Gasteiger charge is 2.35. The molecule has 1 unspecified atom stereocenters. The molecule has 1 aliphatic rings. The van der Waals surface area contributed by atoms with Crippen LogP contribution >= 0.6 is 0 Å². The highest BCUT2D eigenvalue weighted by Crippen LogP contribution is 2.26. The van der Waals surface area contributed by atoms with Crippen LogP contribution in [0.1, 0.15) is 64.4 Å². The fourth-order valence-corrected chi connectivity index (χ4v) is 3.47. The van der Waals surface area contributed by atoms with Crippen LogP contribution in [0.25, 0.3) is 6.08 Å². The first kappa shape index (κ1) is 22.7. The number of benzene rings is 1. The van der Waals surface area contributed by atoms with Crippen LogP contribution in [0.2, 0.25) is 0 Å². The predicted octanol–water partition coefficient (Wildman–Crippen LogP) is 4.00. The molecule has 1 heterocycles. The summed E-state index contributed by atoms with van der Waals surface area (Å²) in [5.74, 6) is -1.90. The standard InChI is InChI=1S/C23H32N2O4/c1-3-4-5-6-7-8-12-24-22(27)17(2)13-18-10-9-11-20(14-18)25-16-19(23(28)29)15-21(25)26/h9-11,13-14,19H,3-8,12,15-16H2,1-2H3,(H,24,27)(H,28,29)/b17-13+. The van der Waals surface area contributed by atoms with Crippen molar-refractivity contribution in [2.45, 2.75) is 58.8 Å². The molecule has 158 valence electrons. The Kier molecular flexibility index (Phi) is 8.90. The molecule has 1 saturated heterocycles. The van der Waals surface area contributed by atoms with Crippen LogP contribution < -0.4 is 10.2 Å². The Morgan fingerprint density at radius 3 is 2.62 bits per heavy atom. The van der Waals surface area contributed by atoms with Crippen LogP contribution in [0.3, 0.4) is 0 Å². The molecule has 6 nitrogen and oxygen atoms in total. The first-order chi connectivity index (χ1) is 13.9. The summed E-state index contributed by atoms with van der Waals surface area (Å²) in [6.07, 6.45) is 8.90. The van der Waals surface area contributed by atoms with Gasteiger partial charge in [0.1, 0.15) is 0 Å². The van der Waals surface area contributed by atoms with E-state index in [1.165, 1.54) is 30.6 Å². The van der Waals surface area contributed by atoms with E-state index < -0.39 is 11.9 Å². The number of nitrogens with zero attached hydrogens (tertiary/aromatic N) is 1. The van der Waals surface area contributed by atoms with Crippen molar-refractivity contribution in [3.05, 3.63) is 35.4 Å². The average molecular weight is 401 g/mol. The zero-order valence-electron chi connectivity index (χ0n) is 17.4. The van der Waals surface area contributed by atoms with E-state index in [9.17, 15) is 14.4 Å². The third-order valence-corrected chi connectivity index (χ3v) is 5.21. The monoisotopic (exact) mass is 400 g/mol. The number of carbonyl (C=O) groups is 3. The van der Waals surface area contributed by atoms with Crippen molar-refractivity contribution < 1.29 is 19.5 Å². The summed E-state index contributed by atoms with van der Waals surface area (Å²) in [7, 11) is 0. The largest absolute Gasteiger partial charge is 0.481 e. The summed E-state index contributed by atoms with van der Waals surface area (Å²) in [5, 5.41) is 12.1. The minimum Gasteiger partial charge on any atom is -0.481 e. The van der Waals surface area contributed by atoms with Gasteiger partial charge >= 0.3 is 5.97 Å². The Bertz CT molecular complexity index is 757. The molecule has 2 rings (SSSR count). The number of hydrogen-bond donors (Lipinski definition) is 2. The molecular formula is C23H32N2O4. The van der Waals surface area contributed by atoms with Crippen LogP contribution in [-0.2, 0) is 14.4 Å². The van der Waals surface area contributed by atoms with Gasteiger partial charge in [-0.2, -0.15) is 0 Å². The average Bonchev–Trinajstić information content (AvgIpc) is 3.09. The number of amides is 2. The lowest BCUT2D eigenvalue weighted by molar-refractivity contribution is -0.141. The zero-order valence-corrected chi connectivity index (χ0v) is 17.4. The summed E-state index contributed by atoms with van der Waals surface area (Å²) in [4.78, 5) is 37.1. The third kappa shape index (κ3) is 7.04. The minimum atomic E-state index is -0.949. The van der Waals surface area contributed by atoms with Gasteiger partial charge in [-0.3, -0.25) is 14.4 Å². The van der Waals surface area contributed by atoms with Crippen molar-refractivity contribution in [2.75, 3.05) is 18.0 Å². The molecule has 0 saturated carbocycles. The van der Waals surface area contributed by atoms with Gasteiger partial charge in [-0.25, -0.2) is 0 Å². The van der Waals surface area contributed by atoms with Gasteiger partial charge in [0.05, 0.1) is 5.92 Å². The number of nitrogens with one attached hydrogen (secondary N) is 1. The molecule has 0 aliphatic carbocycles. The lowest BCUT2D eigenvalue weighted by Gasteiger charge is -2.16. The zero-order chi connectivity index (χ0) is 21.2. The number of aliphatic carboxylic acids is 1. The second-order valence-electron chi connectivity index (χ2n) is 7.69. The topological polar surface area (TPSA) is 86.7 Å². The van der Waals surface area contributed by atoms with Gasteiger partial charge in [0.25, 0.3) is 0 Å². The van der Waals surface area contributed by atoms with E-state index in [-0.39, 0.29) is 24.8 Å². The van der Waals surface area contributed by atoms with E-state index in [0.717, 1.165) is 18.4 Å². The Hall–Kier alpha value is -2.63. The number of carbonyl (C=O) groups excluding carboxylic acids is 2. The molecule has 0 radical (unpaired) electrons. The first-order valence-electron chi connectivity index (χ1n) is 10.5. The molecule has 1 fully saturated rings. The predicted molar refractivity (Wildman–Crippen MR) is 115 cm³/mol. The Balaban J connectivity index is 1.89. The van der Waals surface area contributed by atoms with Gasteiger partial charge in [0.2, 0.25) is 11.8 Å². The van der Waals surface area contributed by atoms with Gasteiger partial charge in [0, 0.05) is 30.8 Å². The van der Waals surface area contributed by atoms with Crippen LogP contribution in [-0.4, -0.2) is 36.0 Å². The maximum Gasteiger partial charge on any atom is 0.308 e. The summed E-state index contributed by atoms with van der Waals surface area (Å²) < 4.78 is 0. The number of hydrogen-bond acceptors (Lipinski definition) is 3. The fourth-order valence-electron chi connectivity index (χ4n) is 3.47. The molecule has 1 aromatic rings. The van der Waals surface area contributed by atoms with Crippen LogP contribution in [0.4, 0.5) is 5.69 Å². The SMILES string of the molecule is CCCCCCCCNC(=O)/C(C)=C/c1cccc(N2CC(C(=O)O)CC2=O)c1. The summed E-state index contributed by atoms with van der Waals surface area (Å²) in [6, 6.07) is 7.27. The molecule has 6 heteroatoms. The lowest BCUT2D eigenvalue weighted by atomic mass is 10.1. The van der Waals surface area contributed by atoms with Crippen molar-refractivity contribution in [2.24, 2.45) is 5.92 Å². The number of unbranched alkanes of at least 4 members (excludes halogenated alkanes) is 5. The normalized spacial score (nSPS) is 16.9. The molecule has 2 N–H and O–H groups in total.